The number of ether oxygens (including phenoxy) is 1. The highest BCUT2D eigenvalue weighted by Gasteiger charge is 2.22. The van der Waals surface area contributed by atoms with E-state index in [0.29, 0.717) is 0 Å². The summed E-state index contributed by atoms with van der Waals surface area (Å²) in [5.74, 6) is 5.47. The highest BCUT2D eigenvalue weighted by Crippen LogP contribution is 2.36. The second-order valence-electron chi connectivity index (χ2n) is 4.22. The van der Waals surface area contributed by atoms with Gasteiger partial charge in [-0.25, -0.2) is 0 Å². The lowest BCUT2D eigenvalue weighted by atomic mass is 10.1. The topological polar surface area (TPSA) is 90.4 Å². The predicted molar refractivity (Wildman–Crippen MR) is 76.4 cm³/mol. The van der Waals surface area contributed by atoms with Crippen molar-refractivity contribution < 1.29 is 9.66 Å². The molecule has 6 nitrogen and oxygen atoms in total. The fourth-order valence-electron chi connectivity index (χ4n) is 1.90. The predicted octanol–water partition coefficient (Wildman–Crippen LogP) is 3.02. The summed E-state index contributed by atoms with van der Waals surface area (Å²) < 4.78 is 5.70. The second kappa shape index (κ2) is 6.03. The zero-order chi connectivity index (χ0) is 14.5. The molecular formula is C14H15N3O3. The normalized spacial score (nSPS) is 11.7. The average molecular weight is 273 g/mol. The molecule has 0 bridgehead atoms. The number of nitrogen functional groups attached to an aromatic ring is 1. The van der Waals surface area contributed by atoms with Gasteiger partial charge in [0.05, 0.1) is 4.92 Å². The Balaban J connectivity index is 2.32. The molecule has 0 aromatic heterocycles. The van der Waals surface area contributed by atoms with Gasteiger partial charge in [0.2, 0.25) is 0 Å². The molecule has 0 radical (unpaired) electrons. The van der Waals surface area contributed by atoms with E-state index in [1.54, 1.807) is 12.1 Å². The number of hydrazine groups is 1. The lowest BCUT2D eigenvalue weighted by Gasteiger charge is -2.16. The van der Waals surface area contributed by atoms with Gasteiger partial charge < -0.3 is 10.2 Å². The quantitative estimate of drug-likeness (QED) is 0.496. The van der Waals surface area contributed by atoms with E-state index in [1.807, 2.05) is 37.3 Å². The number of para-hydroxylation sites is 1. The van der Waals surface area contributed by atoms with Crippen molar-refractivity contribution in [3.8, 4) is 5.75 Å². The molecule has 0 aliphatic rings. The summed E-state index contributed by atoms with van der Waals surface area (Å²) >= 11 is 0. The zero-order valence-electron chi connectivity index (χ0n) is 10.9. The molecule has 0 saturated heterocycles. The number of nitrogens with one attached hydrogen (secondary N) is 1. The molecule has 0 aliphatic heterocycles. The van der Waals surface area contributed by atoms with E-state index >= 15 is 0 Å². The lowest BCUT2D eigenvalue weighted by Crippen LogP contribution is -2.11. The summed E-state index contributed by atoms with van der Waals surface area (Å²) in [6, 6.07) is 14.2. The van der Waals surface area contributed by atoms with Gasteiger partial charge in [-0.1, -0.05) is 36.4 Å². The highest BCUT2D eigenvalue weighted by molar-refractivity contribution is 5.67. The molecule has 1 atom stereocenters. The molecule has 20 heavy (non-hydrogen) atoms. The van der Waals surface area contributed by atoms with Crippen molar-refractivity contribution in [1.29, 1.82) is 0 Å². The van der Waals surface area contributed by atoms with Crippen LogP contribution in [0, 0.1) is 10.1 Å². The number of nitrogens with two attached hydrogens (primary N) is 1. The van der Waals surface area contributed by atoms with Crippen molar-refractivity contribution in [2.75, 3.05) is 5.43 Å². The summed E-state index contributed by atoms with van der Waals surface area (Å²) in [5, 5.41) is 11.1. The Labute approximate surface area is 116 Å². The molecule has 1 unspecified atom stereocenters. The van der Waals surface area contributed by atoms with Crippen LogP contribution in [0.25, 0.3) is 0 Å². The maximum absolute atomic E-state index is 11.1. The minimum absolute atomic E-state index is 0.169. The Morgan fingerprint density at radius 2 is 1.90 bits per heavy atom. The van der Waals surface area contributed by atoms with Crippen LogP contribution in [0.4, 0.5) is 11.4 Å². The number of hydrogen-bond donors (Lipinski definition) is 2. The van der Waals surface area contributed by atoms with Crippen LogP contribution >= 0.6 is 0 Å². The molecular weight excluding hydrogens is 258 g/mol. The molecule has 0 amide bonds. The van der Waals surface area contributed by atoms with Gasteiger partial charge in [0, 0.05) is 0 Å². The Kier molecular flexibility index (Phi) is 4.17. The molecule has 2 aromatic rings. The van der Waals surface area contributed by atoms with Gasteiger partial charge in [-0.3, -0.25) is 16.0 Å². The summed E-state index contributed by atoms with van der Waals surface area (Å²) in [6.07, 6.45) is -0.303. The molecule has 6 heteroatoms. The van der Waals surface area contributed by atoms with E-state index in [1.165, 1.54) is 6.07 Å². The van der Waals surface area contributed by atoms with Crippen molar-refractivity contribution in [2.45, 2.75) is 13.0 Å². The molecule has 0 aliphatic carbocycles. The third-order valence-corrected chi connectivity index (χ3v) is 2.91. The van der Waals surface area contributed by atoms with Crippen LogP contribution < -0.4 is 16.0 Å². The Morgan fingerprint density at radius 1 is 1.20 bits per heavy atom. The van der Waals surface area contributed by atoms with Crippen LogP contribution in [-0.4, -0.2) is 4.92 Å². The van der Waals surface area contributed by atoms with E-state index in [9.17, 15) is 10.1 Å². The average Bonchev–Trinajstić information content (AvgIpc) is 2.47. The first kappa shape index (κ1) is 13.8. The smallest absolute Gasteiger partial charge is 0.335 e. The molecule has 2 aromatic carbocycles. The first-order valence-electron chi connectivity index (χ1n) is 6.09. The van der Waals surface area contributed by atoms with Gasteiger partial charge in [-0.2, -0.15) is 0 Å². The first-order chi connectivity index (χ1) is 9.63. The van der Waals surface area contributed by atoms with E-state index in [0.717, 1.165) is 5.56 Å². The lowest BCUT2D eigenvalue weighted by molar-refractivity contribution is -0.385. The standard InChI is InChI=1S/C14H15N3O3/c1-10(11-6-3-2-4-7-11)20-13-9-5-8-12(16-15)14(13)17(18)19/h2-10,16H,15H2,1H3. The van der Waals surface area contributed by atoms with Gasteiger partial charge in [0.15, 0.2) is 5.75 Å². The minimum Gasteiger partial charge on any atom is -0.479 e. The number of hydrogen-bond acceptors (Lipinski definition) is 5. The van der Waals surface area contributed by atoms with Gasteiger partial charge in [-0.15, -0.1) is 0 Å². The third-order valence-electron chi connectivity index (χ3n) is 2.91. The maximum atomic E-state index is 11.1. The number of benzene rings is 2. The summed E-state index contributed by atoms with van der Waals surface area (Å²) in [6.45, 7) is 1.83. The Bertz CT molecular complexity index is 602. The van der Waals surface area contributed by atoms with E-state index in [2.05, 4.69) is 5.43 Å². The minimum atomic E-state index is -0.512. The Morgan fingerprint density at radius 3 is 2.50 bits per heavy atom. The van der Waals surface area contributed by atoms with Crippen LogP contribution in [0.1, 0.15) is 18.6 Å². The summed E-state index contributed by atoms with van der Waals surface area (Å²) in [5.41, 5.74) is 3.29. The summed E-state index contributed by atoms with van der Waals surface area (Å²) in [4.78, 5) is 10.6. The van der Waals surface area contributed by atoms with Crippen molar-refractivity contribution in [3.05, 3.63) is 64.2 Å². The fraction of sp³-hybridized carbons (Fsp3) is 0.143. The van der Waals surface area contributed by atoms with Crippen LogP contribution in [0.3, 0.4) is 0 Å². The summed E-state index contributed by atoms with van der Waals surface area (Å²) in [7, 11) is 0. The van der Waals surface area contributed by atoms with Gasteiger partial charge in [-0.05, 0) is 24.6 Å². The van der Waals surface area contributed by atoms with Crippen LogP contribution in [-0.2, 0) is 0 Å². The molecule has 3 N–H and O–H groups in total. The third kappa shape index (κ3) is 2.86. The number of anilines is 1. The second-order valence-corrected chi connectivity index (χ2v) is 4.22. The number of nitro groups is 1. The molecule has 0 spiro atoms. The first-order valence-corrected chi connectivity index (χ1v) is 6.09. The largest absolute Gasteiger partial charge is 0.479 e. The Hall–Kier alpha value is -2.60. The SMILES string of the molecule is CC(Oc1cccc(NN)c1[N+](=O)[O-])c1ccccc1. The molecule has 2 rings (SSSR count). The number of nitrogens with zero attached hydrogens (tertiary/aromatic N) is 1. The van der Waals surface area contributed by atoms with E-state index in [-0.39, 0.29) is 23.2 Å². The molecule has 104 valence electrons. The van der Waals surface area contributed by atoms with Crippen LogP contribution in [0.2, 0.25) is 0 Å². The molecule has 0 fully saturated rings. The van der Waals surface area contributed by atoms with Gasteiger partial charge in [0.1, 0.15) is 11.8 Å². The van der Waals surface area contributed by atoms with Gasteiger partial charge >= 0.3 is 5.69 Å². The number of rotatable bonds is 5. The van der Waals surface area contributed by atoms with Crippen LogP contribution in [0.15, 0.2) is 48.5 Å². The van der Waals surface area contributed by atoms with Crippen molar-refractivity contribution >= 4 is 11.4 Å². The molecule has 0 heterocycles. The van der Waals surface area contributed by atoms with Crippen molar-refractivity contribution in [3.63, 3.8) is 0 Å². The van der Waals surface area contributed by atoms with E-state index in [4.69, 9.17) is 10.6 Å². The zero-order valence-corrected chi connectivity index (χ0v) is 10.9. The fourth-order valence-corrected chi connectivity index (χ4v) is 1.90. The monoisotopic (exact) mass is 273 g/mol. The van der Waals surface area contributed by atoms with Gasteiger partial charge in [0.25, 0.3) is 0 Å². The number of nitro benzene ring substituents is 1. The highest BCUT2D eigenvalue weighted by atomic mass is 16.6. The molecule has 0 saturated carbocycles. The van der Waals surface area contributed by atoms with Crippen molar-refractivity contribution in [2.24, 2.45) is 5.84 Å². The van der Waals surface area contributed by atoms with Crippen LogP contribution in [0.5, 0.6) is 5.75 Å². The van der Waals surface area contributed by atoms with Crippen molar-refractivity contribution in [1.82, 2.24) is 0 Å². The van der Waals surface area contributed by atoms with E-state index < -0.39 is 4.92 Å². The maximum Gasteiger partial charge on any atom is 0.335 e.